The standard InChI is InChI=1S/C13H12BrClO2/c1-8-3-4-10(16-2)9(7-8)13(15)11-5-6-12(14)17-11/h3-7,13H,1-2H3. The lowest BCUT2D eigenvalue weighted by Gasteiger charge is -2.12. The summed E-state index contributed by atoms with van der Waals surface area (Å²) in [4.78, 5) is 0. The first-order valence-corrected chi connectivity index (χ1v) is 6.38. The van der Waals surface area contributed by atoms with Crippen molar-refractivity contribution < 1.29 is 9.15 Å². The molecule has 1 aromatic heterocycles. The van der Waals surface area contributed by atoms with Gasteiger partial charge in [-0.2, -0.15) is 0 Å². The molecule has 0 aliphatic rings. The van der Waals surface area contributed by atoms with Crippen LogP contribution < -0.4 is 4.74 Å². The summed E-state index contributed by atoms with van der Waals surface area (Å²) >= 11 is 9.67. The molecule has 0 aliphatic heterocycles. The quantitative estimate of drug-likeness (QED) is 0.767. The minimum atomic E-state index is -0.351. The topological polar surface area (TPSA) is 22.4 Å². The Morgan fingerprint density at radius 1 is 1.29 bits per heavy atom. The first kappa shape index (κ1) is 12.5. The average molecular weight is 316 g/mol. The number of halogens is 2. The molecular formula is C13H12BrClO2. The lowest BCUT2D eigenvalue weighted by atomic mass is 10.1. The predicted molar refractivity (Wildman–Crippen MR) is 71.8 cm³/mol. The molecular weight excluding hydrogens is 303 g/mol. The average Bonchev–Trinajstić information content (AvgIpc) is 2.75. The largest absolute Gasteiger partial charge is 0.496 e. The predicted octanol–water partition coefficient (Wildman–Crippen LogP) is 4.69. The summed E-state index contributed by atoms with van der Waals surface area (Å²) in [5.74, 6) is 1.46. The van der Waals surface area contributed by atoms with Gasteiger partial charge in [-0.3, -0.25) is 0 Å². The summed E-state index contributed by atoms with van der Waals surface area (Å²) in [6.45, 7) is 2.02. The van der Waals surface area contributed by atoms with Gasteiger partial charge in [0.2, 0.25) is 0 Å². The van der Waals surface area contributed by atoms with Crippen LogP contribution in [0.2, 0.25) is 0 Å². The Balaban J connectivity index is 2.42. The lowest BCUT2D eigenvalue weighted by molar-refractivity contribution is 0.407. The fourth-order valence-corrected chi connectivity index (χ4v) is 2.28. The molecule has 0 fully saturated rings. The third-order valence-corrected chi connectivity index (χ3v) is 3.38. The Hall–Kier alpha value is -0.930. The first-order valence-electron chi connectivity index (χ1n) is 5.15. The molecule has 0 saturated carbocycles. The van der Waals surface area contributed by atoms with E-state index in [0.29, 0.717) is 10.4 Å². The van der Waals surface area contributed by atoms with Crippen molar-refractivity contribution in [2.75, 3.05) is 7.11 Å². The van der Waals surface area contributed by atoms with E-state index < -0.39 is 0 Å². The van der Waals surface area contributed by atoms with Crippen molar-refractivity contribution in [1.82, 2.24) is 0 Å². The van der Waals surface area contributed by atoms with Gasteiger partial charge in [0, 0.05) is 5.56 Å². The SMILES string of the molecule is COc1ccc(C)cc1C(Cl)c1ccc(Br)o1. The number of hydrogen-bond donors (Lipinski definition) is 0. The molecule has 0 N–H and O–H groups in total. The van der Waals surface area contributed by atoms with E-state index in [1.807, 2.05) is 37.3 Å². The second-order valence-electron chi connectivity index (χ2n) is 3.75. The summed E-state index contributed by atoms with van der Waals surface area (Å²) in [5, 5.41) is -0.351. The number of aryl methyl sites for hydroxylation is 1. The Labute approximate surface area is 114 Å². The van der Waals surface area contributed by atoms with Crippen molar-refractivity contribution in [1.29, 1.82) is 0 Å². The minimum absolute atomic E-state index is 0.351. The smallest absolute Gasteiger partial charge is 0.169 e. The summed E-state index contributed by atoms with van der Waals surface area (Å²) in [5.41, 5.74) is 2.05. The van der Waals surface area contributed by atoms with Crippen molar-refractivity contribution >= 4 is 27.5 Å². The molecule has 2 nitrogen and oxygen atoms in total. The highest BCUT2D eigenvalue weighted by atomic mass is 79.9. The lowest BCUT2D eigenvalue weighted by Crippen LogP contribution is -1.97. The number of alkyl halides is 1. The Kier molecular flexibility index (Phi) is 3.79. The van der Waals surface area contributed by atoms with Crippen LogP contribution in [0.1, 0.15) is 22.3 Å². The van der Waals surface area contributed by atoms with Crippen LogP contribution in [0.4, 0.5) is 0 Å². The fraction of sp³-hybridized carbons (Fsp3) is 0.231. The zero-order valence-corrected chi connectivity index (χ0v) is 11.9. The molecule has 2 rings (SSSR count). The second kappa shape index (κ2) is 5.15. The molecule has 1 aromatic carbocycles. The third kappa shape index (κ3) is 2.67. The minimum Gasteiger partial charge on any atom is -0.496 e. The molecule has 0 amide bonds. The van der Waals surface area contributed by atoms with E-state index in [1.165, 1.54) is 0 Å². The van der Waals surface area contributed by atoms with Gasteiger partial charge in [-0.05, 0) is 41.1 Å². The van der Waals surface area contributed by atoms with Gasteiger partial charge in [0.15, 0.2) is 4.67 Å². The molecule has 1 unspecified atom stereocenters. The highest BCUT2D eigenvalue weighted by molar-refractivity contribution is 9.10. The van der Waals surface area contributed by atoms with Crippen LogP contribution in [0.15, 0.2) is 39.4 Å². The van der Waals surface area contributed by atoms with Crippen molar-refractivity contribution in [3.05, 3.63) is 51.9 Å². The van der Waals surface area contributed by atoms with E-state index in [4.69, 9.17) is 20.8 Å². The molecule has 2 aromatic rings. The van der Waals surface area contributed by atoms with Gasteiger partial charge in [0.1, 0.15) is 16.9 Å². The molecule has 17 heavy (non-hydrogen) atoms. The number of hydrogen-bond acceptors (Lipinski definition) is 2. The zero-order chi connectivity index (χ0) is 12.4. The maximum atomic E-state index is 6.41. The van der Waals surface area contributed by atoms with Crippen LogP contribution >= 0.6 is 27.5 Å². The van der Waals surface area contributed by atoms with Gasteiger partial charge in [0.25, 0.3) is 0 Å². The van der Waals surface area contributed by atoms with Crippen LogP contribution in [-0.2, 0) is 0 Å². The molecule has 0 bridgehead atoms. The van der Waals surface area contributed by atoms with E-state index in [-0.39, 0.29) is 5.38 Å². The van der Waals surface area contributed by atoms with Gasteiger partial charge in [-0.25, -0.2) is 0 Å². The summed E-state index contributed by atoms with van der Waals surface area (Å²) < 4.78 is 11.5. The number of rotatable bonds is 3. The van der Waals surface area contributed by atoms with Crippen LogP contribution in [0.25, 0.3) is 0 Å². The van der Waals surface area contributed by atoms with Crippen molar-refractivity contribution in [2.45, 2.75) is 12.3 Å². The Morgan fingerprint density at radius 2 is 2.06 bits per heavy atom. The normalized spacial score (nSPS) is 12.5. The summed E-state index contributed by atoms with van der Waals surface area (Å²) in [7, 11) is 1.63. The van der Waals surface area contributed by atoms with Gasteiger partial charge >= 0.3 is 0 Å². The van der Waals surface area contributed by atoms with Crippen molar-refractivity contribution in [3.8, 4) is 5.75 Å². The van der Waals surface area contributed by atoms with E-state index in [0.717, 1.165) is 16.9 Å². The highest BCUT2D eigenvalue weighted by Gasteiger charge is 2.19. The fourth-order valence-electron chi connectivity index (χ4n) is 1.67. The molecule has 4 heteroatoms. The number of furan rings is 1. The molecule has 0 saturated heterocycles. The van der Waals surface area contributed by atoms with Gasteiger partial charge < -0.3 is 9.15 Å². The highest BCUT2D eigenvalue weighted by Crippen LogP contribution is 2.36. The van der Waals surface area contributed by atoms with Gasteiger partial charge in [-0.15, -0.1) is 11.6 Å². The van der Waals surface area contributed by atoms with E-state index >= 15 is 0 Å². The van der Waals surface area contributed by atoms with Crippen LogP contribution in [0, 0.1) is 6.92 Å². The third-order valence-electron chi connectivity index (χ3n) is 2.50. The number of methoxy groups -OCH3 is 1. The zero-order valence-electron chi connectivity index (χ0n) is 9.54. The molecule has 0 radical (unpaired) electrons. The second-order valence-corrected chi connectivity index (χ2v) is 4.97. The summed E-state index contributed by atoms with van der Waals surface area (Å²) in [6, 6.07) is 9.59. The number of benzene rings is 1. The van der Waals surface area contributed by atoms with E-state index in [9.17, 15) is 0 Å². The molecule has 0 spiro atoms. The Bertz CT molecular complexity index is 522. The molecule has 1 atom stereocenters. The summed E-state index contributed by atoms with van der Waals surface area (Å²) in [6.07, 6.45) is 0. The number of ether oxygens (including phenoxy) is 1. The molecule has 90 valence electrons. The van der Waals surface area contributed by atoms with Gasteiger partial charge in [-0.1, -0.05) is 17.7 Å². The first-order chi connectivity index (χ1) is 8.11. The van der Waals surface area contributed by atoms with Crippen molar-refractivity contribution in [2.24, 2.45) is 0 Å². The van der Waals surface area contributed by atoms with Crippen LogP contribution in [0.3, 0.4) is 0 Å². The van der Waals surface area contributed by atoms with Gasteiger partial charge in [0.05, 0.1) is 7.11 Å². The van der Waals surface area contributed by atoms with Crippen LogP contribution in [0.5, 0.6) is 5.75 Å². The van der Waals surface area contributed by atoms with E-state index in [1.54, 1.807) is 7.11 Å². The van der Waals surface area contributed by atoms with E-state index in [2.05, 4.69) is 15.9 Å². The Morgan fingerprint density at radius 3 is 2.65 bits per heavy atom. The maximum absolute atomic E-state index is 6.41. The van der Waals surface area contributed by atoms with Crippen molar-refractivity contribution in [3.63, 3.8) is 0 Å². The molecule has 1 heterocycles. The monoisotopic (exact) mass is 314 g/mol. The van der Waals surface area contributed by atoms with Crippen LogP contribution in [-0.4, -0.2) is 7.11 Å². The molecule has 0 aliphatic carbocycles. The maximum Gasteiger partial charge on any atom is 0.169 e.